The lowest BCUT2D eigenvalue weighted by Gasteiger charge is -2.41. The minimum Gasteiger partial charge on any atom is -0.396 e. The molecule has 0 aromatic carbocycles. The fourth-order valence-electron chi connectivity index (χ4n) is 1.96. The molecule has 1 atom stereocenters. The summed E-state index contributed by atoms with van der Waals surface area (Å²) in [5.74, 6) is 0.138. The normalized spacial score (nSPS) is 24.8. The maximum absolute atomic E-state index is 11.8. The Morgan fingerprint density at radius 3 is 2.64 bits per heavy atom. The van der Waals surface area contributed by atoms with Gasteiger partial charge in [0.15, 0.2) is 0 Å². The lowest BCUT2D eigenvalue weighted by Crippen LogP contribution is -2.57. The molecule has 0 aliphatic carbocycles. The number of carbonyl (C=O) groups excluding carboxylic acids is 1. The Kier molecular flexibility index (Phi) is 3.89. The largest absolute Gasteiger partial charge is 0.396 e. The van der Waals surface area contributed by atoms with Crippen LogP contribution in [0.2, 0.25) is 0 Å². The average Bonchev–Trinajstić information content (AvgIpc) is 2.13. The van der Waals surface area contributed by atoms with Gasteiger partial charge < -0.3 is 10.0 Å². The molecule has 1 fully saturated rings. The van der Waals surface area contributed by atoms with Crippen LogP contribution in [0, 0.1) is 0 Å². The van der Waals surface area contributed by atoms with Crippen molar-refractivity contribution in [2.75, 3.05) is 26.7 Å². The Bertz CT molecular complexity index is 206. The van der Waals surface area contributed by atoms with Gasteiger partial charge in [-0.15, -0.1) is 0 Å². The fourth-order valence-corrected chi connectivity index (χ4v) is 1.96. The molecule has 0 bridgehead atoms. The highest BCUT2D eigenvalue weighted by Gasteiger charge is 2.33. The smallest absolute Gasteiger partial charge is 0.239 e. The van der Waals surface area contributed by atoms with E-state index < -0.39 is 0 Å². The standard InChI is InChI=1S/C10H20N2O2/c1-8(2)12-6-5-11(3)10(14)9(12)4-7-13/h8-9,13H,4-7H2,1-3H3. The van der Waals surface area contributed by atoms with Crippen molar-refractivity contribution in [3.8, 4) is 0 Å². The maximum Gasteiger partial charge on any atom is 0.239 e. The minimum atomic E-state index is -0.126. The lowest BCUT2D eigenvalue weighted by molar-refractivity contribution is -0.142. The van der Waals surface area contributed by atoms with Crippen molar-refractivity contribution in [3.05, 3.63) is 0 Å². The Hall–Kier alpha value is -0.610. The molecule has 0 saturated carbocycles. The van der Waals surface area contributed by atoms with Crippen LogP contribution < -0.4 is 0 Å². The van der Waals surface area contributed by atoms with E-state index in [1.165, 1.54) is 0 Å². The first-order chi connectivity index (χ1) is 6.57. The van der Waals surface area contributed by atoms with Crippen molar-refractivity contribution < 1.29 is 9.90 Å². The van der Waals surface area contributed by atoms with Crippen LogP contribution in [0.1, 0.15) is 20.3 Å². The number of rotatable bonds is 3. The van der Waals surface area contributed by atoms with Crippen molar-refractivity contribution in [3.63, 3.8) is 0 Å². The third-order valence-corrected chi connectivity index (χ3v) is 2.82. The van der Waals surface area contributed by atoms with E-state index in [4.69, 9.17) is 5.11 Å². The van der Waals surface area contributed by atoms with Gasteiger partial charge in [-0.3, -0.25) is 9.69 Å². The van der Waals surface area contributed by atoms with Crippen molar-refractivity contribution in [1.29, 1.82) is 0 Å². The Balaban J connectivity index is 2.71. The lowest BCUT2D eigenvalue weighted by atomic mass is 10.1. The van der Waals surface area contributed by atoms with Gasteiger partial charge in [-0.25, -0.2) is 0 Å². The third kappa shape index (κ3) is 2.25. The van der Waals surface area contributed by atoms with Gasteiger partial charge in [0.2, 0.25) is 5.91 Å². The number of hydrogen-bond acceptors (Lipinski definition) is 3. The Labute approximate surface area is 85.5 Å². The fraction of sp³-hybridized carbons (Fsp3) is 0.900. The second-order valence-electron chi connectivity index (χ2n) is 4.12. The molecule has 0 aromatic heterocycles. The molecule has 1 N–H and O–H groups in total. The molecule has 1 heterocycles. The number of likely N-dealkylation sites (N-methyl/N-ethyl adjacent to an activating group) is 1. The van der Waals surface area contributed by atoms with E-state index in [9.17, 15) is 4.79 Å². The molecule has 0 aromatic rings. The quantitative estimate of drug-likeness (QED) is 0.693. The Morgan fingerprint density at radius 2 is 2.14 bits per heavy atom. The van der Waals surface area contributed by atoms with Crippen LogP contribution >= 0.6 is 0 Å². The summed E-state index contributed by atoms with van der Waals surface area (Å²) >= 11 is 0. The highest BCUT2D eigenvalue weighted by atomic mass is 16.3. The average molecular weight is 200 g/mol. The molecule has 1 rings (SSSR count). The highest BCUT2D eigenvalue weighted by molar-refractivity contribution is 5.82. The molecule has 1 amide bonds. The molecule has 4 heteroatoms. The molecule has 82 valence electrons. The van der Waals surface area contributed by atoms with Crippen LogP contribution in [0.15, 0.2) is 0 Å². The van der Waals surface area contributed by atoms with Gasteiger partial charge in [-0.1, -0.05) is 0 Å². The van der Waals surface area contributed by atoms with E-state index in [0.29, 0.717) is 12.5 Å². The predicted molar refractivity (Wildman–Crippen MR) is 55.0 cm³/mol. The number of carbonyl (C=O) groups is 1. The predicted octanol–water partition coefficient (Wildman–Crippen LogP) is -0.0802. The molecule has 0 spiro atoms. The zero-order chi connectivity index (χ0) is 10.7. The molecule has 1 saturated heterocycles. The summed E-state index contributed by atoms with van der Waals surface area (Å²) < 4.78 is 0. The van der Waals surface area contributed by atoms with Gasteiger partial charge in [0.05, 0.1) is 6.04 Å². The van der Waals surface area contributed by atoms with Gasteiger partial charge in [0.1, 0.15) is 0 Å². The third-order valence-electron chi connectivity index (χ3n) is 2.82. The van der Waals surface area contributed by atoms with Crippen molar-refractivity contribution in [1.82, 2.24) is 9.80 Å². The summed E-state index contributed by atoms with van der Waals surface area (Å²) in [6.07, 6.45) is 0.543. The summed E-state index contributed by atoms with van der Waals surface area (Å²) in [6.45, 7) is 5.95. The molecular formula is C10H20N2O2. The Morgan fingerprint density at radius 1 is 1.50 bits per heavy atom. The minimum absolute atomic E-state index is 0.0769. The van der Waals surface area contributed by atoms with E-state index in [2.05, 4.69) is 18.7 Å². The van der Waals surface area contributed by atoms with Gasteiger partial charge in [-0.2, -0.15) is 0 Å². The van der Waals surface area contributed by atoms with E-state index in [1.54, 1.807) is 4.90 Å². The molecule has 1 aliphatic rings. The molecule has 1 aliphatic heterocycles. The summed E-state index contributed by atoms with van der Waals surface area (Å²) in [7, 11) is 1.82. The first-order valence-corrected chi connectivity index (χ1v) is 5.19. The van der Waals surface area contributed by atoms with Gasteiger partial charge >= 0.3 is 0 Å². The van der Waals surface area contributed by atoms with Crippen LogP contribution in [0.3, 0.4) is 0 Å². The number of aliphatic hydroxyl groups excluding tert-OH is 1. The van der Waals surface area contributed by atoms with Crippen LogP contribution in [-0.4, -0.2) is 59.6 Å². The number of amides is 1. The highest BCUT2D eigenvalue weighted by Crippen LogP contribution is 2.15. The van der Waals surface area contributed by atoms with Gasteiger partial charge in [-0.05, 0) is 20.3 Å². The number of aliphatic hydroxyl groups is 1. The van der Waals surface area contributed by atoms with Crippen LogP contribution in [0.4, 0.5) is 0 Å². The molecule has 14 heavy (non-hydrogen) atoms. The van der Waals surface area contributed by atoms with E-state index in [1.807, 2.05) is 7.05 Å². The summed E-state index contributed by atoms with van der Waals surface area (Å²) in [5.41, 5.74) is 0. The summed E-state index contributed by atoms with van der Waals surface area (Å²) in [5, 5.41) is 8.92. The summed E-state index contributed by atoms with van der Waals surface area (Å²) in [6, 6.07) is 0.239. The van der Waals surface area contributed by atoms with Crippen molar-refractivity contribution in [2.24, 2.45) is 0 Å². The van der Waals surface area contributed by atoms with Crippen LogP contribution in [-0.2, 0) is 4.79 Å². The topological polar surface area (TPSA) is 43.8 Å². The zero-order valence-electron chi connectivity index (χ0n) is 9.23. The molecule has 0 radical (unpaired) electrons. The number of hydrogen-bond donors (Lipinski definition) is 1. The zero-order valence-corrected chi connectivity index (χ0v) is 9.23. The maximum atomic E-state index is 11.8. The van der Waals surface area contributed by atoms with E-state index in [0.717, 1.165) is 13.1 Å². The van der Waals surface area contributed by atoms with E-state index >= 15 is 0 Å². The van der Waals surface area contributed by atoms with Crippen molar-refractivity contribution in [2.45, 2.75) is 32.4 Å². The second-order valence-corrected chi connectivity index (χ2v) is 4.12. The second kappa shape index (κ2) is 4.75. The van der Waals surface area contributed by atoms with Crippen molar-refractivity contribution >= 4 is 5.91 Å². The van der Waals surface area contributed by atoms with Crippen LogP contribution in [0.5, 0.6) is 0 Å². The molecule has 1 unspecified atom stereocenters. The van der Waals surface area contributed by atoms with E-state index in [-0.39, 0.29) is 18.6 Å². The molecule has 4 nitrogen and oxygen atoms in total. The number of nitrogens with zero attached hydrogens (tertiary/aromatic N) is 2. The summed E-state index contributed by atoms with van der Waals surface area (Å²) in [4.78, 5) is 15.7. The first-order valence-electron chi connectivity index (χ1n) is 5.19. The SMILES string of the molecule is CC(C)N1CCN(C)C(=O)C1CCO. The number of piperazine rings is 1. The monoisotopic (exact) mass is 200 g/mol. The van der Waals surface area contributed by atoms with Gasteiger partial charge in [0.25, 0.3) is 0 Å². The van der Waals surface area contributed by atoms with Crippen LogP contribution in [0.25, 0.3) is 0 Å². The molecular weight excluding hydrogens is 180 g/mol. The first kappa shape index (κ1) is 11.5. The van der Waals surface area contributed by atoms with Gasteiger partial charge in [0, 0.05) is 32.8 Å².